The van der Waals surface area contributed by atoms with Crippen LogP contribution in [0.25, 0.3) is 0 Å². The molecule has 0 amide bonds. The maximum absolute atomic E-state index is 11.9. The summed E-state index contributed by atoms with van der Waals surface area (Å²) < 4.78 is 10.6. The number of likely N-dealkylation sites (N-methyl/N-ethyl adjacent to an activating group) is 1. The van der Waals surface area contributed by atoms with Crippen molar-refractivity contribution >= 4 is 11.7 Å². The molecule has 106 valence electrons. The summed E-state index contributed by atoms with van der Waals surface area (Å²) in [7, 11) is 3.88. The third-order valence-electron chi connectivity index (χ3n) is 2.89. The highest BCUT2D eigenvalue weighted by atomic mass is 16.5. The number of anilines is 1. The predicted octanol–water partition coefficient (Wildman–Crippen LogP) is 1.77. The molecule has 0 bridgehead atoms. The molecule has 0 unspecified atom stereocenters. The van der Waals surface area contributed by atoms with Gasteiger partial charge in [-0.2, -0.15) is 0 Å². The Morgan fingerprint density at radius 1 is 1.42 bits per heavy atom. The van der Waals surface area contributed by atoms with Gasteiger partial charge in [0.05, 0.1) is 17.9 Å². The summed E-state index contributed by atoms with van der Waals surface area (Å²) in [6.45, 7) is 4.70. The second-order valence-electron chi connectivity index (χ2n) is 4.60. The molecular weight excluding hydrogens is 244 g/mol. The minimum Gasteiger partial charge on any atom is -0.492 e. The van der Waals surface area contributed by atoms with E-state index in [4.69, 9.17) is 15.2 Å². The Labute approximate surface area is 114 Å². The molecule has 1 rings (SSSR count). The van der Waals surface area contributed by atoms with Gasteiger partial charge >= 0.3 is 5.97 Å². The highest BCUT2D eigenvalue weighted by molar-refractivity contribution is 5.90. The van der Waals surface area contributed by atoms with E-state index in [1.807, 2.05) is 32.8 Å². The van der Waals surface area contributed by atoms with E-state index in [2.05, 4.69) is 0 Å². The first-order valence-electron chi connectivity index (χ1n) is 6.31. The van der Waals surface area contributed by atoms with E-state index >= 15 is 0 Å². The summed E-state index contributed by atoms with van der Waals surface area (Å²) in [6.07, 6.45) is 0. The molecule has 0 heterocycles. The lowest BCUT2D eigenvalue weighted by molar-refractivity contribution is 0.0416. The number of nitrogen functional groups attached to an aromatic ring is 1. The van der Waals surface area contributed by atoms with Crippen LogP contribution in [0.1, 0.15) is 24.2 Å². The number of nitrogens with zero attached hydrogens (tertiary/aromatic N) is 1. The first-order chi connectivity index (χ1) is 8.95. The third kappa shape index (κ3) is 4.44. The van der Waals surface area contributed by atoms with Crippen LogP contribution in [0.4, 0.5) is 5.69 Å². The maximum atomic E-state index is 11.9. The number of benzene rings is 1. The van der Waals surface area contributed by atoms with Crippen LogP contribution in [-0.2, 0) is 4.74 Å². The smallest absolute Gasteiger partial charge is 0.338 e. The highest BCUT2D eigenvalue weighted by Crippen LogP contribution is 2.23. The number of hydrogen-bond donors (Lipinski definition) is 1. The van der Waals surface area contributed by atoms with Gasteiger partial charge in [-0.05, 0) is 46.1 Å². The van der Waals surface area contributed by atoms with E-state index in [1.54, 1.807) is 18.2 Å². The van der Waals surface area contributed by atoms with Crippen molar-refractivity contribution in [3.63, 3.8) is 0 Å². The molecule has 1 aromatic rings. The summed E-state index contributed by atoms with van der Waals surface area (Å²) >= 11 is 0. The lowest BCUT2D eigenvalue weighted by Gasteiger charge is -2.19. The van der Waals surface area contributed by atoms with Gasteiger partial charge in [0.1, 0.15) is 12.4 Å². The number of carbonyl (C=O) groups is 1. The fraction of sp³-hybridized carbons (Fsp3) is 0.500. The topological polar surface area (TPSA) is 64.8 Å². The van der Waals surface area contributed by atoms with Crippen molar-refractivity contribution in [2.45, 2.75) is 19.9 Å². The van der Waals surface area contributed by atoms with Crippen molar-refractivity contribution < 1.29 is 14.3 Å². The van der Waals surface area contributed by atoms with Crippen molar-refractivity contribution in [3.05, 3.63) is 23.8 Å². The third-order valence-corrected chi connectivity index (χ3v) is 2.89. The fourth-order valence-corrected chi connectivity index (χ4v) is 1.37. The number of esters is 1. The van der Waals surface area contributed by atoms with Crippen LogP contribution >= 0.6 is 0 Å². The average molecular weight is 266 g/mol. The molecule has 5 heteroatoms. The molecule has 0 radical (unpaired) electrons. The number of ether oxygens (including phenoxy) is 2. The Kier molecular flexibility index (Phi) is 5.63. The summed E-state index contributed by atoms with van der Waals surface area (Å²) in [5, 5.41) is 0. The number of carbonyl (C=O) groups excluding carboxylic acids is 1. The zero-order valence-corrected chi connectivity index (χ0v) is 12.0. The van der Waals surface area contributed by atoms with Gasteiger partial charge in [-0.15, -0.1) is 0 Å². The molecule has 0 spiro atoms. The predicted molar refractivity (Wildman–Crippen MR) is 75.5 cm³/mol. The lowest BCUT2D eigenvalue weighted by Crippen LogP contribution is -2.30. The van der Waals surface area contributed by atoms with Crippen LogP contribution in [0.2, 0.25) is 0 Å². The van der Waals surface area contributed by atoms with Crippen LogP contribution in [0.15, 0.2) is 18.2 Å². The van der Waals surface area contributed by atoms with Gasteiger partial charge in [-0.25, -0.2) is 4.79 Å². The van der Waals surface area contributed by atoms with Gasteiger partial charge < -0.3 is 20.1 Å². The second-order valence-corrected chi connectivity index (χ2v) is 4.60. The molecule has 0 aliphatic heterocycles. The van der Waals surface area contributed by atoms with Crippen LogP contribution in [0, 0.1) is 0 Å². The normalized spacial score (nSPS) is 12.3. The minimum absolute atomic E-state index is 0.170. The van der Waals surface area contributed by atoms with Gasteiger partial charge in [0.25, 0.3) is 0 Å². The maximum Gasteiger partial charge on any atom is 0.338 e. The van der Waals surface area contributed by atoms with Gasteiger partial charge in [0, 0.05) is 6.04 Å². The zero-order chi connectivity index (χ0) is 14.4. The molecule has 19 heavy (non-hydrogen) atoms. The van der Waals surface area contributed by atoms with Crippen LogP contribution in [0.5, 0.6) is 5.75 Å². The van der Waals surface area contributed by atoms with Gasteiger partial charge in [0.15, 0.2) is 0 Å². The Balaban J connectivity index is 2.69. The average Bonchev–Trinajstić information content (AvgIpc) is 2.38. The first kappa shape index (κ1) is 15.3. The number of rotatable bonds is 6. The minimum atomic E-state index is -0.366. The van der Waals surface area contributed by atoms with Gasteiger partial charge in [0.2, 0.25) is 0 Å². The van der Waals surface area contributed by atoms with Crippen molar-refractivity contribution in [2.24, 2.45) is 0 Å². The summed E-state index contributed by atoms with van der Waals surface area (Å²) in [6, 6.07) is 5.07. The molecule has 0 aromatic heterocycles. The Morgan fingerprint density at radius 2 is 2.11 bits per heavy atom. The van der Waals surface area contributed by atoms with Crippen LogP contribution in [-0.4, -0.2) is 44.2 Å². The molecule has 0 aliphatic carbocycles. The Morgan fingerprint density at radius 3 is 2.68 bits per heavy atom. The molecule has 1 aromatic carbocycles. The van der Waals surface area contributed by atoms with Crippen LogP contribution < -0.4 is 10.5 Å². The highest BCUT2D eigenvalue weighted by Gasteiger charge is 2.13. The van der Waals surface area contributed by atoms with E-state index in [1.165, 1.54) is 0 Å². The molecular formula is C14H22N2O3. The van der Waals surface area contributed by atoms with Crippen LogP contribution in [0.3, 0.4) is 0 Å². The number of hydrogen-bond acceptors (Lipinski definition) is 5. The van der Waals surface area contributed by atoms with E-state index in [0.717, 1.165) is 0 Å². The van der Waals surface area contributed by atoms with Crippen molar-refractivity contribution in [3.8, 4) is 5.75 Å². The van der Waals surface area contributed by atoms with Gasteiger partial charge in [-0.1, -0.05) is 0 Å². The Hall–Kier alpha value is -1.75. The first-order valence-corrected chi connectivity index (χ1v) is 6.31. The Bertz CT molecular complexity index is 433. The largest absolute Gasteiger partial charge is 0.492 e. The molecule has 5 nitrogen and oxygen atoms in total. The van der Waals surface area contributed by atoms with Crippen molar-refractivity contribution in [1.29, 1.82) is 0 Å². The molecule has 0 saturated carbocycles. The van der Waals surface area contributed by atoms with E-state index in [-0.39, 0.29) is 12.0 Å². The summed E-state index contributed by atoms with van der Waals surface area (Å²) in [4.78, 5) is 13.9. The fourth-order valence-electron chi connectivity index (χ4n) is 1.37. The molecule has 0 saturated heterocycles. The van der Waals surface area contributed by atoms with E-state index in [9.17, 15) is 4.79 Å². The molecule has 1 atom stereocenters. The van der Waals surface area contributed by atoms with Crippen molar-refractivity contribution in [1.82, 2.24) is 4.90 Å². The summed E-state index contributed by atoms with van der Waals surface area (Å²) in [5.74, 6) is 0.146. The molecule has 2 N–H and O–H groups in total. The SMILES string of the molecule is CCOc1cc(C(=O)OC[C@H](C)N(C)C)ccc1N. The number of nitrogens with two attached hydrogens (primary N) is 1. The van der Waals surface area contributed by atoms with E-state index < -0.39 is 0 Å². The quantitative estimate of drug-likeness (QED) is 0.628. The molecule has 0 aliphatic rings. The van der Waals surface area contributed by atoms with Crippen molar-refractivity contribution in [2.75, 3.05) is 33.0 Å². The van der Waals surface area contributed by atoms with E-state index in [0.29, 0.717) is 30.2 Å². The zero-order valence-electron chi connectivity index (χ0n) is 12.0. The monoisotopic (exact) mass is 266 g/mol. The summed E-state index contributed by atoms with van der Waals surface area (Å²) in [5.41, 5.74) is 6.72. The van der Waals surface area contributed by atoms with Gasteiger partial charge in [-0.3, -0.25) is 0 Å². The molecule has 0 fully saturated rings. The standard InChI is InChI=1S/C14H22N2O3/c1-5-18-13-8-11(6-7-12(13)15)14(17)19-9-10(2)16(3)4/h6-8,10H,5,9,15H2,1-4H3/t10-/m0/s1. The lowest BCUT2D eigenvalue weighted by atomic mass is 10.2. The second kappa shape index (κ2) is 6.99.